The molecule has 4 nitrogen and oxygen atoms in total. The largest absolute Gasteiger partial charge is 0.489 e. The summed E-state index contributed by atoms with van der Waals surface area (Å²) in [6, 6.07) is 2.11. The molecular weight excluding hydrogens is 313 g/mol. The van der Waals surface area contributed by atoms with Crippen molar-refractivity contribution >= 4 is 26.0 Å². The Morgan fingerprint density at radius 3 is 2.59 bits per heavy atom. The molecule has 0 aliphatic carbocycles. The average Bonchev–Trinajstić information content (AvgIpc) is 2.21. The summed E-state index contributed by atoms with van der Waals surface area (Å²) in [6.45, 7) is 3.76. The maximum atomic E-state index is 13.5. The van der Waals surface area contributed by atoms with E-state index in [2.05, 4.69) is 15.9 Å². The highest BCUT2D eigenvalue weighted by molar-refractivity contribution is 9.10. The van der Waals surface area contributed by atoms with Gasteiger partial charge in [-0.05, 0) is 35.3 Å². The van der Waals surface area contributed by atoms with Gasteiger partial charge in [0.05, 0.1) is 10.6 Å². The van der Waals surface area contributed by atoms with Gasteiger partial charge < -0.3 is 4.74 Å². The topological polar surface area (TPSA) is 69.4 Å². The van der Waals surface area contributed by atoms with E-state index in [-0.39, 0.29) is 11.9 Å². The maximum absolute atomic E-state index is 13.5. The monoisotopic (exact) mass is 325 g/mol. The van der Waals surface area contributed by atoms with Crippen LogP contribution in [0.25, 0.3) is 0 Å². The average molecular weight is 326 g/mol. The minimum absolute atomic E-state index is 0.0916. The second kappa shape index (κ2) is 5.32. The molecule has 0 aromatic heterocycles. The summed E-state index contributed by atoms with van der Waals surface area (Å²) in [4.78, 5) is -0.555. The smallest absolute Gasteiger partial charge is 0.241 e. The number of hydrogen-bond donors (Lipinski definition) is 1. The number of nitrogens with two attached hydrogens (primary N) is 1. The predicted octanol–water partition coefficient (Wildman–Crippen LogP) is 2.41. The first-order valence-electron chi connectivity index (χ1n) is 4.94. The Labute approximate surface area is 108 Å². The van der Waals surface area contributed by atoms with Crippen molar-refractivity contribution in [3.63, 3.8) is 0 Å². The van der Waals surface area contributed by atoms with Gasteiger partial charge in [0.25, 0.3) is 0 Å². The molecule has 0 aliphatic rings. The molecule has 0 bridgehead atoms. The lowest BCUT2D eigenvalue weighted by molar-refractivity contribution is 0.215. The fraction of sp³-hybridized carbons (Fsp3) is 0.400. The van der Waals surface area contributed by atoms with Gasteiger partial charge in [-0.15, -0.1) is 0 Å². The lowest BCUT2D eigenvalue weighted by Crippen LogP contribution is -2.15. The van der Waals surface area contributed by atoms with Crippen LogP contribution in [-0.2, 0) is 10.0 Å². The van der Waals surface area contributed by atoms with Crippen molar-refractivity contribution in [1.29, 1.82) is 0 Å². The molecule has 7 heteroatoms. The van der Waals surface area contributed by atoms with Crippen LogP contribution in [0.5, 0.6) is 5.75 Å². The Morgan fingerprint density at radius 1 is 1.53 bits per heavy atom. The minimum Gasteiger partial charge on any atom is -0.489 e. The van der Waals surface area contributed by atoms with Gasteiger partial charge in [-0.1, -0.05) is 6.92 Å². The van der Waals surface area contributed by atoms with E-state index in [0.29, 0.717) is 4.47 Å². The zero-order chi connectivity index (χ0) is 13.2. The van der Waals surface area contributed by atoms with Crippen molar-refractivity contribution in [2.24, 2.45) is 5.14 Å². The van der Waals surface area contributed by atoms with Gasteiger partial charge in [-0.3, -0.25) is 0 Å². The van der Waals surface area contributed by atoms with Crippen molar-refractivity contribution in [3.05, 3.63) is 22.4 Å². The van der Waals surface area contributed by atoms with E-state index in [9.17, 15) is 12.8 Å². The Bertz CT molecular complexity index is 519. The van der Waals surface area contributed by atoms with E-state index < -0.39 is 20.7 Å². The van der Waals surface area contributed by atoms with Crippen LogP contribution in [0.4, 0.5) is 4.39 Å². The van der Waals surface area contributed by atoms with Crippen LogP contribution in [0, 0.1) is 5.82 Å². The number of rotatable bonds is 4. The number of halogens is 2. The number of primary sulfonamides is 1. The SMILES string of the molecule is CCC(C)Oc1cc(F)c(S(N)(=O)=O)cc1Br. The van der Waals surface area contributed by atoms with Crippen LogP contribution >= 0.6 is 15.9 Å². The van der Waals surface area contributed by atoms with Crippen molar-refractivity contribution < 1.29 is 17.5 Å². The summed E-state index contributed by atoms with van der Waals surface area (Å²) < 4.78 is 41.4. The van der Waals surface area contributed by atoms with Gasteiger partial charge in [0.1, 0.15) is 16.5 Å². The number of sulfonamides is 1. The molecule has 1 unspecified atom stereocenters. The molecule has 0 saturated heterocycles. The molecule has 1 aromatic carbocycles. The highest BCUT2D eigenvalue weighted by atomic mass is 79.9. The number of benzene rings is 1. The highest BCUT2D eigenvalue weighted by Crippen LogP contribution is 2.30. The van der Waals surface area contributed by atoms with Crippen LogP contribution in [-0.4, -0.2) is 14.5 Å². The fourth-order valence-corrected chi connectivity index (χ4v) is 2.32. The van der Waals surface area contributed by atoms with Gasteiger partial charge in [-0.25, -0.2) is 17.9 Å². The predicted molar refractivity (Wildman–Crippen MR) is 65.9 cm³/mol. The maximum Gasteiger partial charge on any atom is 0.241 e. The zero-order valence-corrected chi connectivity index (χ0v) is 11.8. The minimum atomic E-state index is -4.07. The molecule has 1 atom stereocenters. The first kappa shape index (κ1) is 14.4. The van der Waals surface area contributed by atoms with Crippen molar-refractivity contribution in [3.8, 4) is 5.75 Å². The summed E-state index contributed by atoms with van der Waals surface area (Å²) in [5.74, 6) is -0.668. The molecule has 0 radical (unpaired) electrons. The number of hydrogen-bond acceptors (Lipinski definition) is 3. The summed E-state index contributed by atoms with van der Waals surface area (Å²) in [6.07, 6.45) is 0.663. The lowest BCUT2D eigenvalue weighted by Gasteiger charge is -2.14. The van der Waals surface area contributed by atoms with Gasteiger partial charge in [-0.2, -0.15) is 0 Å². The third-order valence-corrected chi connectivity index (χ3v) is 3.74. The van der Waals surface area contributed by atoms with Gasteiger partial charge >= 0.3 is 0 Å². The molecule has 0 heterocycles. The summed E-state index contributed by atoms with van der Waals surface area (Å²) >= 11 is 3.12. The van der Waals surface area contributed by atoms with E-state index in [1.165, 1.54) is 0 Å². The lowest BCUT2D eigenvalue weighted by atomic mass is 10.3. The normalized spacial score (nSPS) is 13.5. The second-order valence-electron chi connectivity index (χ2n) is 3.59. The molecule has 2 N–H and O–H groups in total. The van der Waals surface area contributed by atoms with Crippen molar-refractivity contribution in [2.45, 2.75) is 31.3 Å². The molecule has 0 saturated carbocycles. The Balaban J connectivity index is 3.19. The second-order valence-corrected chi connectivity index (χ2v) is 5.98. The number of ether oxygens (including phenoxy) is 1. The molecule has 0 spiro atoms. The molecular formula is C10H13BrFNO3S. The molecule has 0 amide bonds. The third-order valence-electron chi connectivity index (χ3n) is 2.20. The van der Waals surface area contributed by atoms with E-state index in [1.807, 2.05) is 13.8 Å². The Morgan fingerprint density at radius 2 is 2.12 bits per heavy atom. The van der Waals surface area contributed by atoms with Gasteiger partial charge in [0, 0.05) is 6.07 Å². The fourth-order valence-electron chi connectivity index (χ4n) is 1.12. The van der Waals surface area contributed by atoms with E-state index in [0.717, 1.165) is 18.6 Å². The van der Waals surface area contributed by atoms with E-state index >= 15 is 0 Å². The Kier molecular flexibility index (Phi) is 4.51. The Hall–Kier alpha value is -0.660. The quantitative estimate of drug-likeness (QED) is 0.924. The van der Waals surface area contributed by atoms with E-state index in [4.69, 9.17) is 9.88 Å². The summed E-state index contributed by atoms with van der Waals surface area (Å²) in [5.41, 5.74) is 0. The molecule has 1 rings (SSSR count). The van der Waals surface area contributed by atoms with Crippen LogP contribution in [0.2, 0.25) is 0 Å². The van der Waals surface area contributed by atoms with Crippen molar-refractivity contribution in [1.82, 2.24) is 0 Å². The molecule has 96 valence electrons. The van der Waals surface area contributed by atoms with Crippen LogP contribution < -0.4 is 9.88 Å². The van der Waals surface area contributed by atoms with Crippen molar-refractivity contribution in [2.75, 3.05) is 0 Å². The first-order chi connectivity index (χ1) is 7.75. The van der Waals surface area contributed by atoms with Gasteiger partial charge in [0.15, 0.2) is 0 Å². The molecule has 17 heavy (non-hydrogen) atoms. The standard InChI is InChI=1S/C10H13BrFNO3S/c1-3-6(2)16-9-5-8(12)10(4-7(9)11)17(13,14)15/h4-6H,3H2,1-2H3,(H2,13,14,15). The van der Waals surface area contributed by atoms with Gasteiger partial charge in [0.2, 0.25) is 10.0 Å². The van der Waals surface area contributed by atoms with Crippen LogP contribution in [0.15, 0.2) is 21.5 Å². The van der Waals surface area contributed by atoms with Crippen LogP contribution in [0.1, 0.15) is 20.3 Å². The highest BCUT2D eigenvalue weighted by Gasteiger charge is 2.18. The summed E-state index contributed by atoms with van der Waals surface area (Å²) in [7, 11) is -4.07. The summed E-state index contributed by atoms with van der Waals surface area (Å²) in [5, 5.41) is 4.87. The molecule has 0 aliphatic heterocycles. The molecule has 1 aromatic rings. The molecule has 0 fully saturated rings. The zero-order valence-electron chi connectivity index (χ0n) is 9.41. The first-order valence-corrected chi connectivity index (χ1v) is 7.28. The van der Waals surface area contributed by atoms with Crippen LogP contribution in [0.3, 0.4) is 0 Å². The third kappa shape index (κ3) is 3.65. The van der Waals surface area contributed by atoms with E-state index in [1.54, 1.807) is 0 Å².